The fraction of sp³-hybridized carbons (Fsp3) is 0.0370. The number of pyridine rings is 2. The third-order valence-electron chi connectivity index (χ3n) is 11.1. The van der Waals surface area contributed by atoms with Crippen LogP contribution in [0.15, 0.2) is 207 Å². The highest BCUT2D eigenvalue weighted by atomic mass is 14.7. The highest BCUT2D eigenvalue weighted by Crippen LogP contribution is 2.47. The van der Waals surface area contributed by atoms with Gasteiger partial charge in [0.1, 0.15) is 0 Å². The molecule has 0 radical (unpaired) electrons. The van der Waals surface area contributed by atoms with Crippen molar-refractivity contribution in [3.63, 3.8) is 0 Å². The number of rotatable bonds is 7. The van der Waals surface area contributed by atoms with Gasteiger partial charge in [-0.3, -0.25) is 9.97 Å². The van der Waals surface area contributed by atoms with Crippen LogP contribution in [0.25, 0.3) is 83.9 Å². The lowest BCUT2D eigenvalue weighted by Crippen LogP contribution is -2.10. The molecule has 0 bridgehead atoms. The maximum absolute atomic E-state index is 4.63. The van der Waals surface area contributed by atoms with Crippen LogP contribution in [0, 0.1) is 0 Å². The van der Waals surface area contributed by atoms with Crippen LogP contribution in [0.4, 0.5) is 0 Å². The molecule has 1 aliphatic carbocycles. The van der Waals surface area contributed by atoms with Gasteiger partial charge in [-0.05, 0) is 109 Å². The fourth-order valence-electron chi connectivity index (χ4n) is 8.42. The van der Waals surface area contributed by atoms with Gasteiger partial charge in [-0.25, -0.2) is 0 Å². The van der Waals surface area contributed by atoms with Crippen LogP contribution in [0.2, 0.25) is 0 Å². The molecule has 0 aliphatic heterocycles. The normalized spacial score (nSPS) is 13.4. The Labute approximate surface area is 328 Å². The highest BCUT2D eigenvalue weighted by molar-refractivity contribution is 6.10. The number of hydrogen-bond acceptors (Lipinski definition) is 2. The lowest BCUT2D eigenvalue weighted by Gasteiger charge is -2.28. The van der Waals surface area contributed by atoms with Crippen LogP contribution in [0.1, 0.15) is 22.6 Å². The standard InChI is InChI=1S/C54H38N2/c1-3-13-37(14-4-1)44-33-45(38-15-5-2-6-16-38)35-46(34-44)43-29-30-49-50(36-43)54(42-27-23-40(24-28-42)52-20-10-12-32-56-52)48-18-8-7-17-47(48)53(49)41-25-21-39(22-26-41)51-19-9-11-31-55-51/h1-35,43H,36H2. The zero-order valence-electron chi connectivity index (χ0n) is 30.9. The van der Waals surface area contributed by atoms with E-state index in [9.17, 15) is 0 Å². The quantitative estimate of drug-likeness (QED) is 0.164. The van der Waals surface area contributed by atoms with E-state index in [1.54, 1.807) is 0 Å². The first-order valence-corrected chi connectivity index (χ1v) is 19.3. The molecular formula is C54H38N2. The largest absolute Gasteiger partial charge is 0.256 e. The summed E-state index contributed by atoms with van der Waals surface area (Å²) in [5, 5.41) is 2.51. The molecule has 2 nitrogen and oxygen atoms in total. The van der Waals surface area contributed by atoms with Crippen molar-refractivity contribution >= 4 is 16.8 Å². The van der Waals surface area contributed by atoms with Crippen molar-refractivity contribution in [1.82, 2.24) is 9.97 Å². The molecule has 7 aromatic carbocycles. The molecule has 2 heterocycles. The molecule has 56 heavy (non-hydrogen) atoms. The minimum atomic E-state index is 0.181. The first-order chi connectivity index (χ1) is 27.8. The molecule has 0 amide bonds. The molecule has 0 fully saturated rings. The van der Waals surface area contributed by atoms with Crippen LogP contribution < -0.4 is 0 Å². The van der Waals surface area contributed by atoms with Gasteiger partial charge in [-0.2, -0.15) is 0 Å². The number of hydrogen-bond donors (Lipinski definition) is 0. The molecular weight excluding hydrogens is 677 g/mol. The Kier molecular flexibility index (Phi) is 8.70. The topological polar surface area (TPSA) is 25.8 Å². The fourth-order valence-corrected chi connectivity index (χ4v) is 8.42. The SMILES string of the molecule is C1=CC(c2cc(-c3ccccc3)cc(-c3ccccc3)c2)Cc2c1c(-c1ccc(-c3ccccn3)cc1)c1ccccc1c2-c1ccc(-c2ccccn2)cc1. The molecule has 10 rings (SSSR count). The monoisotopic (exact) mass is 714 g/mol. The van der Waals surface area contributed by atoms with Crippen LogP contribution in [-0.4, -0.2) is 9.97 Å². The Morgan fingerprint density at radius 1 is 0.375 bits per heavy atom. The molecule has 0 saturated carbocycles. The molecule has 1 unspecified atom stereocenters. The highest BCUT2D eigenvalue weighted by Gasteiger charge is 2.26. The minimum absolute atomic E-state index is 0.181. The summed E-state index contributed by atoms with van der Waals surface area (Å²) in [4.78, 5) is 9.25. The summed E-state index contributed by atoms with van der Waals surface area (Å²) in [6, 6.07) is 67.7. The van der Waals surface area contributed by atoms with Gasteiger partial charge in [0, 0.05) is 29.4 Å². The van der Waals surface area contributed by atoms with E-state index in [1.165, 1.54) is 72.0 Å². The first kappa shape index (κ1) is 33.4. The van der Waals surface area contributed by atoms with Crippen LogP contribution in [-0.2, 0) is 6.42 Å². The Hall–Kier alpha value is -7.16. The van der Waals surface area contributed by atoms with Crippen molar-refractivity contribution in [2.24, 2.45) is 0 Å². The van der Waals surface area contributed by atoms with Gasteiger partial charge in [-0.15, -0.1) is 0 Å². The van der Waals surface area contributed by atoms with Gasteiger partial charge in [0.05, 0.1) is 11.4 Å². The third kappa shape index (κ3) is 6.32. The van der Waals surface area contributed by atoms with Gasteiger partial charge in [0.15, 0.2) is 0 Å². The van der Waals surface area contributed by atoms with Crippen molar-refractivity contribution in [1.29, 1.82) is 0 Å². The third-order valence-corrected chi connectivity index (χ3v) is 11.1. The van der Waals surface area contributed by atoms with E-state index in [1.807, 2.05) is 36.7 Å². The molecule has 0 spiro atoms. The maximum Gasteiger partial charge on any atom is 0.0701 e. The summed E-state index contributed by atoms with van der Waals surface area (Å²) in [6.07, 6.45) is 9.43. The second kappa shape index (κ2) is 14.6. The summed E-state index contributed by atoms with van der Waals surface area (Å²) in [5.41, 5.74) is 18.1. The molecule has 1 aliphatic rings. The van der Waals surface area contributed by atoms with Gasteiger partial charge < -0.3 is 0 Å². The number of aromatic nitrogens is 2. The molecule has 0 N–H and O–H groups in total. The lowest BCUT2D eigenvalue weighted by molar-refractivity contribution is 0.830. The molecule has 2 aromatic heterocycles. The summed E-state index contributed by atoms with van der Waals surface area (Å²) in [7, 11) is 0. The molecule has 9 aromatic rings. The summed E-state index contributed by atoms with van der Waals surface area (Å²) in [6.45, 7) is 0. The van der Waals surface area contributed by atoms with E-state index >= 15 is 0 Å². The van der Waals surface area contributed by atoms with Crippen LogP contribution in [0.3, 0.4) is 0 Å². The van der Waals surface area contributed by atoms with Crippen molar-refractivity contribution < 1.29 is 0 Å². The van der Waals surface area contributed by atoms with Crippen LogP contribution >= 0.6 is 0 Å². The second-order valence-corrected chi connectivity index (χ2v) is 14.5. The van der Waals surface area contributed by atoms with Gasteiger partial charge >= 0.3 is 0 Å². The smallest absolute Gasteiger partial charge is 0.0701 e. The molecule has 1 atom stereocenters. The van der Waals surface area contributed by atoms with E-state index in [0.717, 1.165) is 28.9 Å². The first-order valence-electron chi connectivity index (χ1n) is 19.3. The molecule has 0 saturated heterocycles. The van der Waals surface area contributed by atoms with Crippen molar-refractivity contribution in [3.8, 4) is 67.0 Å². The van der Waals surface area contributed by atoms with Crippen molar-refractivity contribution in [2.45, 2.75) is 12.3 Å². The molecule has 2 heteroatoms. The van der Waals surface area contributed by atoms with Gasteiger partial charge in [0.25, 0.3) is 0 Å². The van der Waals surface area contributed by atoms with Crippen LogP contribution in [0.5, 0.6) is 0 Å². The number of fused-ring (bicyclic) bond motifs is 2. The Morgan fingerprint density at radius 2 is 0.839 bits per heavy atom. The number of benzene rings is 7. The number of allylic oxidation sites excluding steroid dienone is 1. The van der Waals surface area contributed by atoms with Crippen molar-refractivity contribution in [2.75, 3.05) is 0 Å². The lowest BCUT2D eigenvalue weighted by atomic mass is 9.75. The van der Waals surface area contributed by atoms with E-state index in [2.05, 4.69) is 186 Å². The van der Waals surface area contributed by atoms with E-state index < -0.39 is 0 Å². The van der Waals surface area contributed by atoms with E-state index in [4.69, 9.17) is 0 Å². The summed E-state index contributed by atoms with van der Waals surface area (Å²) >= 11 is 0. The summed E-state index contributed by atoms with van der Waals surface area (Å²) < 4.78 is 0. The average Bonchev–Trinajstić information content (AvgIpc) is 3.29. The maximum atomic E-state index is 4.63. The summed E-state index contributed by atoms with van der Waals surface area (Å²) in [5.74, 6) is 0.181. The average molecular weight is 715 g/mol. The minimum Gasteiger partial charge on any atom is -0.256 e. The van der Waals surface area contributed by atoms with Gasteiger partial charge in [0.2, 0.25) is 0 Å². The zero-order valence-corrected chi connectivity index (χ0v) is 30.9. The number of nitrogens with zero attached hydrogens (tertiary/aromatic N) is 2. The predicted molar refractivity (Wildman–Crippen MR) is 234 cm³/mol. The van der Waals surface area contributed by atoms with E-state index in [0.29, 0.717) is 0 Å². The van der Waals surface area contributed by atoms with Crippen molar-refractivity contribution in [3.05, 3.63) is 223 Å². The Morgan fingerprint density at radius 3 is 1.36 bits per heavy atom. The predicted octanol–water partition coefficient (Wildman–Crippen LogP) is 14.0. The zero-order chi connectivity index (χ0) is 37.3. The van der Waals surface area contributed by atoms with Gasteiger partial charge in [-0.1, -0.05) is 170 Å². The Bertz CT molecular complexity index is 2770. The molecule has 264 valence electrons. The Balaban J connectivity index is 1.16. The second-order valence-electron chi connectivity index (χ2n) is 14.5. The van der Waals surface area contributed by atoms with E-state index in [-0.39, 0.29) is 5.92 Å².